The number of ether oxygens (including phenoxy) is 1. The van der Waals surface area contributed by atoms with Gasteiger partial charge in [-0.25, -0.2) is 9.80 Å². The van der Waals surface area contributed by atoms with Crippen LogP contribution in [-0.2, 0) is 4.74 Å². The fourth-order valence-electron chi connectivity index (χ4n) is 0.799. The largest absolute Gasteiger partial charge is 0.365 e. The summed E-state index contributed by atoms with van der Waals surface area (Å²) in [5.41, 5.74) is 0. The van der Waals surface area contributed by atoms with E-state index in [1.807, 2.05) is 0 Å². The molecule has 1 aliphatic rings. The van der Waals surface area contributed by atoms with E-state index in [9.17, 15) is 5.11 Å². The maximum atomic E-state index is 9.22. The first kappa shape index (κ1) is 6.95. The van der Waals surface area contributed by atoms with Gasteiger partial charge in [-0.15, -0.1) is 0 Å². The fraction of sp³-hybridized carbons (Fsp3) is 1.00. The van der Waals surface area contributed by atoms with E-state index < -0.39 is 6.35 Å². The van der Waals surface area contributed by atoms with Gasteiger partial charge in [0.2, 0.25) is 0 Å². The smallest absolute Gasteiger partial charge is 0.168 e. The van der Waals surface area contributed by atoms with Crippen LogP contribution in [0.1, 0.15) is 0 Å². The number of nitrogens with zero attached hydrogens (tertiary/aromatic N) is 2. The Balaban J connectivity index is 2.41. The number of hydrogen-bond donors (Lipinski definition) is 1. The van der Waals surface area contributed by atoms with Crippen molar-refractivity contribution >= 4 is 0 Å². The first-order chi connectivity index (χ1) is 4.22. The predicted molar refractivity (Wildman–Crippen MR) is 32.4 cm³/mol. The molecule has 4 nitrogen and oxygen atoms in total. The topological polar surface area (TPSA) is 35.9 Å². The summed E-state index contributed by atoms with van der Waals surface area (Å²) < 4.78 is 5.06. The van der Waals surface area contributed by atoms with Gasteiger partial charge in [0.05, 0.1) is 0 Å². The average Bonchev–Trinajstić information content (AvgIpc) is 1.83. The number of aliphatic hydroxyl groups excluding tert-OH is 1. The summed E-state index contributed by atoms with van der Waals surface area (Å²) >= 11 is 0. The van der Waals surface area contributed by atoms with Gasteiger partial charge >= 0.3 is 0 Å². The first-order valence-electron chi connectivity index (χ1n) is 2.88. The quantitative estimate of drug-likeness (QED) is 0.462. The highest BCUT2D eigenvalue weighted by molar-refractivity contribution is 4.54. The molecule has 0 atom stereocenters. The zero-order valence-electron chi connectivity index (χ0n) is 5.74. The summed E-state index contributed by atoms with van der Waals surface area (Å²) in [4.78, 5) is 3.42. The Labute approximate surface area is 54.6 Å². The van der Waals surface area contributed by atoms with Gasteiger partial charge in [0, 0.05) is 0 Å². The lowest BCUT2D eigenvalue weighted by Crippen LogP contribution is -2.51. The Bertz CT molecular complexity index is 89.0. The van der Waals surface area contributed by atoms with Crippen molar-refractivity contribution in [3.8, 4) is 0 Å². The molecule has 0 aromatic carbocycles. The third-order valence-electron chi connectivity index (χ3n) is 1.38. The minimum atomic E-state index is -0.487. The number of aliphatic hydroxyl groups is 1. The van der Waals surface area contributed by atoms with E-state index in [1.165, 1.54) is 0 Å². The minimum absolute atomic E-state index is 0.487. The van der Waals surface area contributed by atoms with Crippen molar-refractivity contribution in [3.63, 3.8) is 0 Å². The molecule has 1 N–H and O–H groups in total. The van der Waals surface area contributed by atoms with E-state index >= 15 is 0 Å². The Morgan fingerprint density at radius 1 is 1.33 bits per heavy atom. The van der Waals surface area contributed by atoms with Crippen molar-refractivity contribution in [1.82, 2.24) is 9.80 Å². The van der Waals surface area contributed by atoms with E-state index in [1.54, 1.807) is 23.9 Å². The lowest BCUT2D eigenvalue weighted by atomic mass is 10.6. The molecule has 4 heteroatoms. The summed E-state index contributed by atoms with van der Waals surface area (Å²) in [6, 6.07) is 0. The maximum absolute atomic E-state index is 9.22. The van der Waals surface area contributed by atoms with Crippen molar-refractivity contribution in [1.29, 1.82) is 0 Å². The van der Waals surface area contributed by atoms with Crippen LogP contribution in [0.15, 0.2) is 0 Å². The lowest BCUT2D eigenvalue weighted by molar-refractivity contribution is -0.211. The van der Waals surface area contributed by atoms with Crippen LogP contribution in [0.25, 0.3) is 0 Å². The Morgan fingerprint density at radius 2 is 1.78 bits per heavy atom. The molecule has 1 saturated heterocycles. The summed E-state index contributed by atoms with van der Waals surface area (Å²) in [5, 5.41) is 9.22. The van der Waals surface area contributed by atoms with Gasteiger partial charge in [0.1, 0.15) is 13.5 Å². The Kier molecular flexibility index (Phi) is 2.02. The normalized spacial score (nSPS) is 27.0. The molecule has 0 bridgehead atoms. The SMILES string of the molecule is CN1COCN(C)C1O. The second-order valence-corrected chi connectivity index (χ2v) is 2.32. The van der Waals surface area contributed by atoms with E-state index in [0.29, 0.717) is 13.5 Å². The monoisotopic (exact) mass is 132 g/mol. The van der Waals surface area contributed by atoms with Crippen LogP contribution < -0.4 is 0 Å². The number of hydrogen-bond acceptors (Lipinski definition) is 4. The maximum Gasteiger partial charge on any atom is 0.168 e. The molecule has 0 aromatic rings. The van der Waals surface area contributed by atoms with Crippen molar-refractivity contribution in [3.05, 3.63) is 0 Å². The molecule has 0 unspecified atom stereocenters. The molecular formula is C5H12N2O2. The summed E-state index contributed by atoms with van der Waals surface area (Å²) in [7, 11) is 3.61. The van der Waals surface area contributed by atoms with E-state index in [4.69, 9.17) is 4.74 Å². The molecule has 1 aliphatic heterocycles. The zero-order valence-corrected chi connectivity index (χ0v) is 5.74. The molecule has 1 heterocycles. The third-order valence-corrected chi connectivity index (χ3v) is 1.38. The zero-order chi connectivity index (χ0) is 6.85. The van der Waals surface area contributed by atoms with E-state index in [0.717, 1.165) is 0 Å². The predicted octanol–water partition coefficient (Wildman–Crippen LogP) is -0.929. The molecule has 0 saturated carbocycles. The van der Waals surface area contributed by atoms with Gasteiger partial charge in [-0.2, -0.15) is 0 Å². The first-order valence-corrected chi connectivity index (χ1v) is 2.88. The van der Waals surface area contributed by atoms with Crippen LogP contribution >= 0.6 is 0 Å². The van der Waals surface area contributed by atoms with Gasteiger partial charge in [0.15, 0.2) is 6.35 Å². The van der Waals surface area contributed by atoms with Gasteiger partial charge in [-0.1, -0.05) is 0 Å². The highest BCUT2D eigenvalue weighted by atomic mass is 16.5. The molecule has 0 amide bonds. The fourth-order valence-corrected chi connectivity index (χ4v) is 0.799. The molecular weight excluding hydrogens is 120 g/mol. The summed E-state index contributed by atoms with van der Waals surface area (Å²) in [6.07, 6.45) is -0.487. The summed E-state index contributed by atoms with van der Waals surface area (Å²) in [6.45, 7) is 1.01. The highest BCUT2D eigenvalue weighted by Gasteiger charge is 2.20. The van der Waals surface area contributed by atoms with Crippen LogP contribution in [0.2, 0.25) is 0 Å². The van der Waals surface area contributed by atoms with Crippen molar-refractivity contribution < 1.29 is 9.84 Å². The van der Waals surface area contributed by atoms with Gasteiger partial charge < -0.3 is 9.84 Å². The van der Waals surface area contributed by atoms with Crippen LogP contribution in [0.5, 0.6) is 0 Å². The van der Waals surface area contributed by atoms with Crippen LogP contribution in [0.4, 0.5) is 0 Å². The number of rotatable bonds is 0. The Morgan fingerprint density at radius 3 is 2.11 bits per heavy atom. The van der Waals surface area contributed by atoms with Gasteiger partial charge in [-0.3, -0.25) is 0 Å². The van der Waals surface area contributed by atoms with Crippen LogP contribution in [0.3, 0.4) is 0 Å². The Hall–Kier alpha value is -0.160. The van der Waals surface area contributed by atoms with E-state index in [-0.39, 0.29) is 0 Å². The van der Waals surface area contributed by atoms with Crippen LogP contribution in [0, 0.1) is 0 Å². The molecule has 54 valence electrons. The lowest BCUT2D eigenvalue weighted by Gasteiger charge is -2.35. The molecule has 1 fully saturated rings. The molecule has 0 spiro atoms. The standard InChI is InChI=1S/C5H12N2O2/c1-6-3-9-4-7(2)5(6)8/h5,8H,3-4H2,1-2H3. The van der Waals surface area contributed by atoms with Crippen molar-refractivity contribution in [2.24, 2.45) is 0 Å². The van der Waals surface area contributed by atoms with Crippen molar-refractivity contribution in [2.75, 3.05) is 27.6 Å². The van der Waals surface area contributed by atoms with Crippen LogP contribution in [-0.4, -0.2) is 48.8 Å². The highest BCUT2D eigenvalue weighted by Crippen LogP contribution is 2.03. The van der Waals surface area contributed by atoms with E-state index in [2.05, 4.69) is 0 Å². The molecule has 0 radical (unpaired) electrons. The van der Waals surface area contributed by atoms with Crippen molar-refractivity contribution in [2.45, 2.75) is 6.35 Å². The second kappa shape index (κ2) is 2.62. The molecule has 1 rings (SSSR count). The summed E-state index contributed by atoms with van der Waals surface area (Å²) in [5.74, 6) is 0. The third kappa shape index (κ3) is 1.40. The second-order valence-electron chi connectivity index (χ2n) is 2.32. The van der Waals surface area contributed by atoms with Gasteiger partial charge in [-0.05, 0) is 14.1 Å². The minimum Gasteiger partial charge on any atom is -0.365 e. The molecule has 9 heavy (non-hydrogen) atoms. The molecule has 0 aromatic heterocycles. The molecule has 0 aliphatic carbocycles. The average molecular weight is 132 g/mol. The van der Waals surface area contributed by atoms with Gasteiger partial charge in [0.25, 0.3) is 0 Å².